The molecule has 1 fully saturated rings. The Morgan fingerprint density at radius 3 is 3.05 bits per heavy atom. The summed E-state index contributed by atoms with van der Waals surface area (Å²) in [6.07, 6.45) is 2.26. The van der Waals surface area contributed by atoms with E-state index in [0.717, 1.165) is 36.4 Å². The maximum atomic E-state index is 12.6. The molecule has 1 aromatic carbocycles. The zero-order valence-electron chi connectivity index (χ0n) is 12.9. The molecule has 1 saturated heterocycles. The fraction of sp³-hybridized carbons (Fsp3) is 0.412. The lowest BCUT2D eigenvalue weighted by atomic mass is 10.0. The molecule has 5 heteroatoms. The topological polar surface area (TPSA) is 55.6 Å². The largest absolute Gasteiger partial charge is 0.497 e. The standard InChI is InChI=1S/C17H20N2O3/c1-12-9-15(22-18-12)11-17(20)19-8-4-7-16(19)13-5-3-6-14(10-13)21-2/h3,5-6,9-10,16H,4,7-8,11H2,1-2H3/t16-/m1/s1. The number of carbonyl (C=O) groups excluding carboxylic acids is 1. The predicted octanol–water partition coefficient (Wildman–Crippen LogP) is 2.90. The molecule has 116 valence electrons. The summed E-state index contributed by atoms with van der Waals surface area (Å²) in [6, 6.07) is 9.88. The normalized spacial score (nSPS) is 17.7. The molecule has 0 saturated carbocycles. The highest BCUT2D eigenvalue weighted by atomic mass is 16.5. The van der Waals surface area contributed by atoms with E-state index in [1.165, 1.54) is 0 Å². The number of likely N-dealkylation sites (tertiary alicyclic amines) is 1. The van der Waals surface area contributed by atoms with Gasteiger partial charge in [-0.3, -0.25) is 4.79 Å². The van der Waals surface area contributed by atoms with Crippen LogP contribution in [0.1, 0.15) is 35.9 Å². The molecule has 22 heavy (non-hydrogen) atoms. The van der Waals surface area contributed by atoms with Crippen LogP contribution >= 0.6 is 0 Å². The third-order valence-corrected chi connectivity index (χ3v) is 4.05. The van der Waals surface area contributed by atoms with Gasteiger partial charge in [-0.05, 0) is 37.5 Å². The van der Waals surface area contributed by atoms with Gasteiger partial charge in [-0.1, -0.05) is 17.3 Å². The van der Waals surface area contributed by atoms with Crippen LogP contribution in [0, 0.1) is 6.92 Å². The van der Waals surface area contributed by atoms with Crippen LogP contribution in [-0.2, 0) is 11.2 Å². The highest BCUT2D eigenvalue weighted by Crippen LogP contribution is 2.33. The van der Waals surface area contributed by atoms with Gasteiger partial charge < -0.3 is 14.2 Å². The number of aromatic nitrogens is 1. The highest BCUT2D eigenvalue weighted by Gasteiger charge is 2.30. The van der Waals surface area contributed by atoms with Crippen molar-refractivity contribution in [1.29, 1.82) is 0 Å². The van der Waals surface area contributed by atoms with Gasteiger partial charge in [-0.25, -0.2) is 0 Å². The summed E-state index contributed by atoms with van der Waals surface area (Å²) in [7, 11) is 1.66. The number of aryl methyl sites for hydroxylation is 1. The first-order valence-electron chi connectivity index (χ1n) is 7.53. The molecule has 3 rings (SSSR count). The Balaban J connectivity index is 1.75. The van der Waals surface area contributed by atoms with Crippen LogP contribution in [0.15, 0.2) is 34.9 Å². The second-order valence-electron chi connectivity index (χ2n) is 5.63. The Morgan fingerprint density at radius 1 is 1.45 bits per heavy atom. The van der Waals surface area contributed by atoms with Crippen molar-refractivity contribution >= 4 is 5.91 Å². The van der Waals surface area contributed by atoms with Crippen LogP contribution in [0.3, 0.4) is 0 Å². The van der Waals surface area contributed by atoms with Gasteiger partial charge in [0.1, 0.15) is 11.5 Å². The van der Waals surface area contributed by atoms with Gasteiger partial charge in [-0.15, -0.1) is 0 Å². The fourth-order valence-corrected chi connectivity index (χ4v) is 3.01. The van der Waals surface area contributed by atoms with E-state index in [-0.39, 0.29) is 18.4 Å². The van der Waals surface area contributed by atoms with Gasteiger partial charge in [-0.2, -0.15) is 0 Å². The van der Waals surface area contributed by atoms with Crippen molar-refractivity contribution in [3.8, 4) is 5.75 Å². The van der Waals surface area contributed by atoms with E-state index >= 15 is 0 Å². The molecule has 5 nitrogen and oxygen atoms in total. The van der Waals surface area contributed by atoms with E-state index < -0.39 is 0 Å². The molecule has 1 aliphatic heterocycles. The predicted molar refractivity (Wildman–Crippen MR) is 81.6 cm³/mol. The number of nitrogens with zero attached hydrogens (tertiary/aromatic N) is 2. The van der Waals surface area contributed by atoms with Crippen LogP contribution in [0.4, 0.5) is 0 Å². The lowest BCUT2D eigenvalue weighted by Gasteiger charge is -2.25. The number of hydrogen-bond acceptors (Lipinski definition) is 4. The third kappa shape index (κ3) is 2.98. The van der Waals surface area contributed by atoms with Crippen molar-refractivity contribution in [1.82, 2.24) is 10.1 Å². The van der Waals surface area contributed by atoms with Crippen LogP contribution in [-0.4, -0.2) is 29.6 Å². The number of ether oxygens (including phenoxy) is 1. The van der Waals surface area contributed by atoms with Gasteiger partial charge in [0.25, 0.3) is 0 Å². The summed E-state index contributed by atoms with van der Waals surface area (Å²) in [6.45, 7) is 2.64. The summed E-state index contributed by atoms with van der Waals surface area (Å²) in [5.74, 6) is 1.53. The molecular weight excluding hydrogens is 280 g/mol. The molecule has 1 atom stereocenters. The maximum absolute atomic E-state index is 12.6. The van der Waals surface area contributed by atoms with Crippen molar-refractivity contribution in [2.75, 3.05) is 13.7 Å². The minimum atomic E-state index is 0.0847. The second-order valence-corrected chi connectivity index (χ2v) is 5.63. The summed E-state index contributed by atoms with van der Waals surface area (Å²) in [5, 5.41) is 3.83. The molecule has 2 aromatic rings. The summed E-state index contributed by atoms with van der Waals surface area (Å²) < 4.78 is 10.4. The fourth-order valence-electron chi connectivity index (χ4n) is 3.01. The Morgan fingerprint density at radius 2 is 2.32 bits per heavy atom. The SMILES string of the molecule is COc1cccc([C@H]2CCCN2C(=O)Cc2cc(C)no2)c1. The quantitative estimate of drug-likeness (QED) is 0.871. The number of hydrogen-bond donors (Lipinski definition) is 0. The van der Waals surface area contributed by atoms with Crippen LogP contribution in [0.5, 0.6) is 5.75 Å². The van der Waals surface area contributed by atoms with Crippen LogP contribution < -0.4 is 4.74 Å². The van der Waals surface area contributed by atoms with Crippen molar-refractivity contribution < 1.29 is 14.1 Å². The van der Waals surface area contributed by atoms with Crippen molar-refractivity contribution in [2.24, 2.45) is 0 Å². The Hall–Kier alpha value is -2.30. The molecular formula is C17H20N2O3. The molecule has 0 radical (unpaired) electrons. The molecule has 1 aromatic heterocycles. The number of methoxy groups -OCH3 is 1. The van der Waals surface area contributed by atoms with E-state index in [0.29, 0.717) is 5.76 Å². The zero-order valence-corrected chi connectivity index (χ0v) is 12.9. The van der Waals surface area contributed by atoms with Gasteiger partial charge in [0, 0.05) is 12.6 Å². The molecule has 0 aliphatic carbocycles. The van der Waals surface area contributed by atoms with Gasteiger partial charge in [0.05, 0.1) is 25.3 Å². The van der Waals surface area contributed by atoms with Gasteiger partial charge >= 0.3 is 0 Å². The Kier molecular flexibility index (Phi) is 4.13. The minimum Gasteiger partial charge on any atom is -0.497 e. The molecule has 0 bridgehead atoms. The monoisotopic (exact) mass is 300 g/mol. The highest BCUT2D eigenvalue weighted by molar-refractivity contribution is 5.79. The lowest BCUT2D eigenvalue weighted by Crippen LogP contribution is -2.31. The van der Waals surface area contributed by atoms with Crippen molar-refractivity contribution in [3.05, 3.63) is 47.3 Å². The first-order valence-corrected chi connectivity index (χ1v) is 7.53. The lowest BCUT2D eigenvalue weighted by molar-refractivity contribution is -0.131. The third-order valence-electron chi connectivity index (χ3n) is 4.05. The Labute approximate surface area is 129 Å². The zero-order chi connectivity index (χ0) is 15.5. The van der Waals surface area contributed by atoms with E-state index in [9.17, 15) is 4.79 Å². The summed E-state index contributed by atoms with van der Waals surface area (Å²) >= 11 is 0. The number of rotatable bonds is 4. The van der Waals surface area contributed by atoms with Gasteiger partial charge in [0.2, 0.25) is 5.91 Å². The first-order chi connectivity index (χ1) is 10.7. The average molecular weight is 300 g/mol. The minimum absolute atomic E-state index is 0.0847. The van der Waals surface area contributed by atoms with Crippen LogP contribution in [0.25, 0.3) is 0 Å². The van der Waals surface area contributed by atoms with E-state index in [1.54, 1.807) is 7.11 Å². The number of carbonyl (C=O) groups is 1. The molecule has 0 spiro atoms. The van der Waals surface area contributed by atoms with Crippen molar-refractivity contribution in [2.45, 2.75) is 32.2 Å². The van der Waals surface area contributed by atoms with E-state index in [1.807, 2.05) is 36.1 Å². The molecule has 2 heterocycles. The van der Waals surface area contributed by atoms with E-state index in [4.69, 9.17) is 9.26 Å². The van der Waals surface area contributed by atoms with Gasteiger partial charge in [0.15, 0.2) is 0 Å². The number of benzene rings is 1. The number of amides is 1. The Bertz CT molecular complexity index is 665. The molecule has 1 amide bonds. The van der Waals surface area contributed by atoms with Crippen molar-refractivity contribution in [3.63, 3.8) is 0 Å². The summed E-state index contributed by atoms with van der Waals surface area (Å²) in [5.41, 5.74) is 1.92. The summed E-state index contributed by atoms with van der Waals surface area (Å²) in [4.78, 5) is 14.5. The smallest absolute Gasteiger partial charge is 0.230 e. The average Bonchev–Trinajstić information content (AvgIpc) is 3.16. The first kappa shape index (κ1) is 14.6. The molecule has 1 aliphatic rings. The molecule has 0 unspecified atom stereocenters. The second kappa shape index (κ2) is 6.22. The maximum Gasteiger partial charge on any atom is 0.230 e. The van der Waals surface area contributed by atoms with Crippen LogP contribution in [0.2, 0.25) is 0 Å². The van der Waals surface area contributed by atoms with E-state index in [2.05, 4.69) is 11.2 Å². The molecule has 0 N–H and O–H groups in total.